The van der Waals surface area contributed by atoms with Gasteiger partial charge in [-0.2, -0.15) is 0 Å². The van der Waals surface area contributed by atoms with E-state index in [9.17, 15) is 9.90 Å². The highest BCUT2D eigenvalue weighted by molar-refractivity contribution is 5.90. The van der Waals surface area contributed by atoms with E-state index in [1.165, 1.54) is 18.4 Å². The van der Waals surface area contributed by atoms with Gasteiger partial charge in [0.15, 0.2) is 11.5 Å². The molecule has 2 fully saturated rings. The first-order valence-electron chi connectivity index (χ1n) is 13.1. The first-order valence-corrected chi connectivity index (χ1v) is 13.1. The number of phenolic OH excluding ortho intramolecular Hbond substituents is 1. The van der Waals surface area contributed by atoms with Crippen LogP contribution in [0.15, 0.2) is 72.8 Å². The normalized spacial score (nSPS) is 18.0. The van der Waals surface area contributed by atoms with Gasteiger partial charge in [0.05, 0.1) is 19.3 Å². The molecular weight excluding hydrogens is 466 g/mol. The molecule has 1 heterocycles. The van der Waals surface area contributed by atoms with Crippen molar-refractivity contribution in [2.24, 2.45) is 0 Å². The van der Waals surface area contributed by atoms with Crippen LogP contribution in [0.5, 0.6) is 17.2 Å². The van der Waals surface area contributed by atoms with Crippen molar-refractivity contribution in [3.05, 3.63) is 78.4 Å². The standard InChI is InChI=1S/C30H35N3O4/c1-36-28-15-14-24(20-29(28)37-27-12-5-6-13-27)32-16-17-33(25(21-32)18-22-8-3-2-4-9-22)30(35)31-23-10-7-11-26(34)19-23/h2-4,7-11,14-15,19-20,25,27,34H,5-6,12-13,16-18,21H2,1H3,(H,31,35)/t25-/m0/s1. The van der Waals surface area contributed by atoms with Crippen molar-refractivity contribution < 1.29 is 19.4 Å². The molecule has 1 aliphatic heterocycles. The highest BCUT2D eigenvalue weighted by Gasteiger charge is 2.31. The average molecular weight is 502 g/mol. The number of benzene rings is 3. The van der Waals surface area contributed by atoms with E-state index < -0.39 is 0 Å². The van der Waals surface area contributed by atoms with Gasteiger partial charge in [0.1, 0.15) is 5.75 Å². The molecule has 3 aromatic carbocycles. The number of amides is 2. The van der Waals surface area contributed by atoms with E-state index in [0.717, 1.165) is 36.4 Å². The molecule has 37 heavy (non-hydrogen) atoms. The van der Waals surface area contributed by atoms with Gasteiger partial charge in [0.2, 0.25) is 0 Å². The van der Waals surface area contributed by atoms with Gasteiger partial charge < -0.3 is 29.7 Å². The van der Waals surface area contributed by atoms with Crippen LogP contribution in [0.1, 0.15) is 31.2 Å². The summed E-state index contributed by atoms with van der Waals surface area (Å²) in [6, 6.07) is 22.9. The molecule has 7 nitrogen and oxygen atoms in total. The highest BCUT2D eigenvalue weighted by Crippen LogP contribution is 2.36. The van der Waals surface area contributed by atoms with Gasteiger partial charge in [0.25, 0.3) is 0 Å². The first-order chi connectivity index (χ1) is 18.1. The Hall–Kier alpha value is -3.87. The molecular formula is C30H35N3O4. The molecule has 0 bridgehead atoms. The fourth-order valence-electron chi connectivity index (χ4n) is 5.34. The molecule has 1 saturated carbocycles. The zero-order valence-corrected chi connectivity index (χ0v) is 21.3. The van der Waals surface area contributed by atoms with Crippen molar-refractivity contribution in [2.45, 2.75) is 44.2 Å². The minimum atomic E-state index is -0.161. The van der Waals surface area contributed by atoms with E-state index >= 15 is 0 Å². The first kappa shape index (κ1) is 24.8. The van der Waals surface area contributed by atoms with Crippen LogP contribution >= 0.6 is 0 Å². The Morgan fingerprint density at radius 1 is 0.973 bits per heavy atom. The molecule has 0 spiro atoms. The lowest BCUT2D eigenvalue weighted by Crippen LogP contribution is -2.57. The number of hydrogen-bond acceptors (Lipinski definition) is 5. The maximum atomic E-state index is 13.3. The Morgan fingerprint density at radius 3 is 2.54 bits per heavy atom. The van der Waals surface area contributed by atoms with E-state index in [4.69, 9.17) is 9.47 Å². The van der Waals surface area contributed by atoms with Crippen molar-refractivity contribution >= 4 is 17.4 Å². The molecule has 0 aromatic heterocycles. The van der Waals surface area contributed by atoms with Gasteiger partial charge >= 0.3 is 6.03 Å². The van der Waals surface area contributed by atoms with Crippen molar-refractivity contribution in [3.63, 3.8) is 0 Å². The third kappa shape index (κ3) is 6.10. The Kier molecular flexibility index (Phi) is 7.68. The zero-order chi connectivity index (χ0) is 25.6. The Labute approximate surface area is 218 Å². The fraction of sp³-hybridized carbons (Fsp3) is 0.367. The summed E-state index contributed by atoms with van der Waals surface area (Å²) in [5.74, 6) is 1.66. The van der Waals surface area contributed by atoms with Crippen LogP contribution in [0, 0.1) is 0 Å². The van der Waals surface area contributed by atoms with Crippen molar-refractivity contribution in [2.75, 3.05) is 37.0 Å². The number of piperazine rings is 1. The highest BCUT2D eigenvalue weighted by atomic mass is 16.5. The predicted molar refractivity (Wildman–Crippen MR) is 146 cm³/mol. The van der Waals surface area contributed by atoms with E-state index in [1.54, 1.807) is 31.4 Å². The van der Waals surface area contributed by atoms with E-state index in [1.807, 2.05) is 29.2 Å². The van der Waals surface area contributed by atoms with Crippen LogP contribution < -0.4 is 19.7 Å². The van der Waals surface area contributed by atoms with Gasteiger partial charge in [-0.3, -0.25) is 0 Å². The molecule has 194 valence electrons. The predicted octanol–water partition coefficient (Wildman–Crippen LogP) is 5.69. The summed E-state index contributed by atoms with van der Waals surface area (Å²) >= 11 is 0. The second kappa shape index (κ2) is 11.5. The van der Waals surface area contributed by atoms with Crippen LogP contribution in [0.2, 0.25) is 0 Å². The summed E-state index contributed by atoms with van der Waals surface area (Å²) in [6.07, 6.45) is 5.57. The molecule has 1 saturated heterocycles. The van der Waals surface area contributed by atoms with Gasteiger partial charge in [-0.05, 0) is 61.9 Å². The number of nitrogens with one attached hydrogen (secondary N) is 1. The molecule has 5 rings (SSSR count). The number of carbonyl (C=O) groups excluding carboxylic acids is 1. The number of hydrogen-bond donors (Lipinski definition) is 2. The van der Waals surface area contributed by atoms with Crippen molar-refractivity contribution in [3.8, 4) is 17.2 Å². The number of nitrogens with zero attached hydrogens (tertiary/aromatic N) is 2. The summed E-state index contributed by atoms with van der Waals surface area (Å²) in [6.45, 7) is 1.97. The Morgan fingerprint density at radius 2 is 1.78 bits per heavy atom. The molecule has 2 amide bonds. The number of aromatic hydroxyl groups is 1. The summed E-state index contributed by atoms with van der Waals surface area (Å²) in [5.41, 5.74) is 2.83. The summed E-state index contributed by atoms with van der Waals surface area (Å²) < 4.78 is 11.9. The Balaban J connectivity index is 1.35. The van der Waals surface area contributed by atoms with E-state index in [2.05, 4.69) is 34.5 Å². The van der Waals surface area contributed by atoms with Gasteiger partial charge in [-0.1, -0.05) is 36.4 Å². The van der Waals surface area contributed by atoms with Gasteiger partial charge in [-0.25, -0.2) is 4.79 Å². The van der Waals surface area contributed by atoms with Crippen LogP contribution in [-0.4, -0.2) is 54.9 Å². The van der Waals surface area contributed by atoms with Crippen LogP contribution in [0.25, 0.3) is 0 Å². The van der Waals surface area contributed by atoms with Crippen LogP contribution in [-0.2, 0) is 6.42 Å². The number of carbonyl (C=O) groups is 1. The molecule has 1 atom stereocenters. The average Bonchev–Trinajstić information content (AvgIpc) is 3.42. The van der Waals surface area contributed by atoms with E-state index in [-0.39, 0.29) is 23.9 Å². The van der Waals surface area contributed by atoms with Crippen LogP contribution in [0.4, 0.5) is 16.2 Å². The molecule has 2 aliphatic rings. The topological polar surface area (TPSA) is 74.3 Å². The quantitative estimate of drug-likeness (QED) is 0.435. The number of anilines is 2. The largest absolute Gasteiger partial charge is 0.508 e. The Bertz CT molecular complexity index is 1200. The van der Waals surface area contributed by atoms with Crippen molar-refractivity contribution in [1.82, 2.24) is 4.90 Å². The maximum absolute atomic E-state index is 13.3. The lowest BCUT2D eigenvalue weighted by atomic mass is 10.0. The monoisotopic (exact) mass is 501 g/mol. The number of urea groups is 1. The lowest BCUT2D eigenvalue weighted by molar-refractivity contribution is 0.178. The second-order valence-electron chi connectivity index (χ2n) is 9.82. The molecule has 7 heteroatoms. The zero-order valence-electron chi connectivity index (χ0n) is 21.3. The van der Waals surface area contributed by atoms with E-state index in [0.29, 0.717) is 25.3 Å². The minimum Gasteiger partial charge on any atom is -0.508 e. The maximum Gasteiger partial charge on any atom is 0.322 e. The third-order valence-electron chi connectivity index (χ3n) is 7.26. The summed E-state index contributed by atoms with van der Waals surface area (Å²) in [5, 5.41) is 12.8. The number of ether oxygens (including phenoxy) is 2. The SMILES string of the molecule is COc1ccc(N2CCN(C(=O)Nc3cccc(O)c3)[C@@H](Cc3ccccc3)C2)cc1OC1CCCC1. The van der Waals surface area contributed by atoms with Crippen molar-refractivity contribution in [1.29, 1.82) is 0 Å². The number of phenols is 1. The number of rotatable bonds is 7. The molecule has 1 aliphatic carbocycles. The summed E-state index contributed by atoms with van der Waals surface area (Å²) in [7, 11) is 1.68. The molecule has 2 N–H and O–H groups in total. The smallest absolute Gasteiger partial charge is 0.322 e. The fourth-order valence-corrected chi connectivity index (χ4v) is 5.34. The third-order valence-corrected chi connectivity index (χ3v) is 7.26. The summed E-state index contributed by atoms with van der Waals surface area (Å²) in [4.78, 5) is 17.6. The van der Waals surface area contributed by atoms with Gasteiger partial charge in [-0.15, -0.1) is 0 Å². The van der Waals surface area contributed by atoms with Gasteiger partial charge in [0, 0.05) is 43.1 Å². The molecule has 3 aromatic rings. The number of methoxy groups -OCH3 is 1. The second-order valence-corrected chi connectivity index (χ2v) is 9.82. The van der Waals surface area contributed by atoms with Crippen LogP contribution in [0.3, 0.4) is 0 Å². The molecule has 0 unspecified atom stereocenters. The molecule has 0 radical (unpaired) electrons. The minimum absolute atomic E-state index is 0.0326. The lowest BCUT2D eigenvalue weighted by Gasteiger charge is -2.42.